The minimum absolute atomic E-state index is 0.161. The highest BCUT2D eigenvalue weighted by molar-refractivity contribution is 6.32. The topological polar surface area (TPSA) is 78.6 Å². The molecule has 1 rings (SSSR count). The van der Waals surface area contributed by atoms with E-state index in [0.29, 0.717) is 11.3 Å². The minimum atomic E-state index is -1.21. The molecule has 0 aliphatic heterocycles. The van der Waals surface area contributed by atoms with Crippen molar-refractivity contribution in [3.63, 3.8) is 0 Å². The van der Waals surface area contributed by atoms with Crippen molar-refractivity contribution >= 4 is 29.2 Å². The van der Waals surface area contributed by atoms with E-state index in [1.807, 2.05) is 13.8 Å². The van der Waals surface area contributed by atoms with Crippen molar-refractivity contribution in [3.8, 4) is 0 Å². The van der Waals surface area contributed by atoms with Crippen LogP contribution in [0.25, 0.3) is 0 Å². The summed E-state index contributed by atoms with van der Waals surface area (Å²) in [5.74, 6) is -2.61. The molecule has 2 N–H and O–H groups in total. The van der Waals surface area contributed by atoms with Gasteiger partial charge in [0.25, 0.3) is 0 Å². The molecule has 0 aliphatic rings. The molecule has 1 aromatic rings. The van der Waals surface area contributed by atoms with Crippen molar-refractivity contribution in [1.82, 2.24) is 0 Å². The summed E-state index contributed by atoms with van der Waals surface area (Å²) in [5, 5.41) is 0.264. The van der Waals surface area contributed by atoms with Gasteiger partial charge < -0.3 is 15.2 Å². The number of carbonyl (C=O) groups excluding carboxylic acids is 2. The molecule has 0 bridgehead atoms. The van der Waals surface area contributed by atoms with Gasteiger partial charge in [0.1, 0.15) is 0 Å². The zero-order valence-electron chi connectivity index (χ0n) is 12.8. The molecule has 5 nitrogen and oxygen atoms in total. The van der Waals surface area contributed by atoms with Gasteiger partial charge in [-0.25, -0.2) is 0 Å². The normalized spacial score (nSPS) is 9.62. The van der Waals surface area contributed by atoms with Crippen molar-refractivity contribution in [2.24, 2.45) is 0 Å². The van der Waals surface area contributed by atoms with Gasteiger partial charge in [-0.3, -0.25) is 9.59 Å². The number of ether oxygens (including phenoxy) is 2. The summed E-state index contributed by atoms with van der Waals surface area (Å²) in [6.07, 6.45) is 0. The van der Waals surface area contributed by atoms with E-state index < -0.39 is 17.9 Å². The summed E-state index contributed by atoms with van der Waals surface area (Å²) in [4.78, 5) is 23.8. The van der Waals surface area contributed by atoms with Crippen LogP contribution in [0.3, 0.4) is 0 Å². The molecule has 0 heterocycles. The fourth-order valence-electron chi connectivity index (χ4n) is 1.58. The molecule has 0 aliphatic carbocycles. The van der Waals surface area contributed by atoms with Gasteiger partial charge in [-0.15, -0.1) is 0 Å². The van der Waals surface area contributed by atoms with Crippen molar-refractivity contribution in [2.45, 2.75) is 33.6 Å². The molecular weight excluding hydrogens is 294 g/mol. The number of nitrogen functional groups attached to an aromatic ring is 1. The molecule has 0 unspecified atom stereocenters. The van der Waals surface area contributed by atoms with Crippen LogP contribution in [0.4, 0.5) is 5.69 Å². The van der Waals surface area contributed by atoms with E-state index >= 15 is 0 Å². The predicted molar refractivity (Wildman–Crippen MR) is 83.2 cm³/mol. The van der Waals surface area contributed by atoms with Crippen LogP contribution in [0.1, 0.15) is 39.2 Å². The number of nitrogens with two attached hydrogens (primary N) is 1. The van der Waals surface area contributed by atoms with Gasteiger partial charge in [-0.1, -0.05) is 25.4 Å². The summed E-state index contributed by atoms with van der Waals surface area (Å²) in [6.45, 7) is 7.63. The first-order valence-corrected chi connectivity index (χ1v) is 7.27. The number of halogens is 1. The molecule has 0 atom stereocenters. The highest BCUT2D eigenvalue weighted by Crippen LogP contribution is 2.29. The maximum absolute atomic E-state index is 11.9. The van der Waals surface area contributed by atoms with Crippen molar-refractivity contribution < 1.29 is 19.1 Å². The van der Waals surface area contributed by atoms with Crippen LogP contribution in [0, 0.1) is 0 Å². The summed E-state index contributed by atoms with van der Waals surface area (Å²) >= 11 is 6.01. The Labute approximate surface area is 130 Å². The standard InChI is InChI=1S/C13H16ClNO4.C2H6/c1-3-18-12(16)11(13(17)19-4-2)9-7-8(15)5-6-10(9)14;1-2/h5-7,11H,3-4,15H2,1-2H3;1-2H3. The summed E-state index contributed by atoms with van der Waals surface area (Å²) in [7, 11) is 0. The van der Waals surface area contributed by atoms with Crippen molar-refractivity contribution in [1.29, 1.82) is 0 Å². The van der Waals surface area contributed by atoms with Gasteiger partial charge in [0.2, 0.25) is 0 Å². The number of benzene rings is 1. The summed E-state index contributed by atoms with van der Waals surface area (Å²) in [5.41, 5.74) is 6.34. The molecule has 0 saturated heterocycles. The van der Waals surface area contributed by atoms with Crippen LogP contribution in [0.15, 0.2) is 18.2 Å². The number of esters is 2. The Bertz CT molecular complexity index is 459. The fourth-order valence-corrected chi connectivity index (χ4v) is 1.81. The van der Waals surface area contributed by atoms with Gasteiger partial charge in [0.05, 0.1) is 13.2 Å². The van der Waals surface area contributed by atoms with Crippen molar-refractivity contribution in [3.05, 3.63) is 28.8 Å². The average Bonchev–Trinajstić information content (AvgIpc) is 2.46. The lowest BCUT2D eigenvalue weighted by Gasteiger charge is -2.16. The SMILES string of the molecule is CC.CCOC(=O)C(C(=O)OCC)c1cc(N)ccc1Cl. The Hall–Kier alpha value is -1.75. The van der Waals surface area contributed by atoms with Gasteiger partial charge in [-0.2, -0.15) is 0 Å². The maximum Gasteiger partial charge on any atom is 0.324 e. The zero-order valence-corrected chi connectivity index (χ0v) is 13.6. The van der Waals surface area contributed by atoms with Gasteiger partial charge in [-0.05, 0) is 37.6 Å². The number of anilines is 1. The molecule has 0 spiro atoms. The lowest BCUT2D eigenvalue weighted by molar-refractivity contribution is -0.156. The quantitative estimate of drug-likeness (QED) is 0.513. The first-order valence-electron chi connectivity index (χ1n) is 6.89. The molecule has 0 aromatic heterocycles. The number of carbonyl (C=O) groups is 2. The van der Waals surface area contributed by atoms with E-state index in [0.717, 1.165) is 0 Å². The first kappa shape index (κ1) is 19.2. The van der Waals surface area contributed by atoms with E-state index in [4.69, 9.17) is 26.8 Å². The first-order chi connectivity index (χ1) is 10.0. The third kappa shape index (κ3) is 5.63. The van der Waals surface area contributed by atoms with Crippen LogP contribution < -0.4 is 5.73 Å². The van der Waals surface area contributed by atoms with Gasteiger partial charge >= 0.3 is 11.9 Å². The number of rotatable bonds is 5. The van der Waals surface area contributed by atoms with Crippen LogP contribution >= 0.6 is 11.6 Å². The highest BCUT2D eigenvalue weighted by atomic mass is 35.5. The summed E-state index contributed by atoms with van der Waals surface area (Å²) in [6, 6.07) is 4.58. The van der Waals surface area contributed by atoms with E-state index in [9.17, 15) is 9.59 Å². The Morgan fingerprint density at radius 1 is 1.14 bits per heavy atom. The Kier molecular flexibility index (Phi) is 9.21. The van der Waals surface area contributed by atoms with Crippen LogP contribution in [-0.2, 0) is 19.1 Å². The third-order valence-corrected chi connectivity index (χ3v) is 2.72. The maximum atomic E-state index is 11.9. The second-order valence-corrected chi connectivity index (χ2v) is 4.13. The van der Waals surface area contributed by atoms with Crippen LogP contribution in [0.2, 0.25) is 5.02 Å². The molecule has 21 heavy (non-hydrogen) atoms. The minimum Gasteiger partial charge on any atom is -0.465 e. The van der Waals surface area contributed by atoms with E-state index in [2.05, 4.69) is 0 Å². The molecule has 1 aromatic carbocycles. The molecule has 6 heteroatoms. The van der Waals surface area contributed by atoms with Crippen LogP contribution in [-0.4, -0.2) is 25.2 Å². The number of hydrogen-bond donors (Lipinski definition) is 1. The molecule has 118 valence electrons. The lowest BCUT2D eigenvalue weighted by Crippen LogP contribution is -2.26. The highest BCUT2D eigenvalue weighted by Gasteiger charge is 2.33. The fraction of sp³-hybridized carbons (Fsp3) is 0.467. The molecule has 0 amide bonds. The van der Waals surface area contributed by atoms with Crippen molar-refractivity contribution in [2.75, 3.05) is 18.9 Å². The molecule has 0 saturated carbocycles. The number of hydrogen-bond acceptors (Lipinski definition) is 5. The Morgan fingerprint density at radius 3 is 2.05 bits per heavy atom. The molecule has 0 radical (unpaired) electrons. The third-order valence-electron chi connectivity index (χ3n) is 2.38. The zero-order chi connectivity index (χ0) is 16.4. The van der Waals surface area contributed by atoms with E-state index in [1.54, 1.807) is 19.9 Å². The largest absolute Gasteiger partial charge is 0.465 e. The second-order valence-electron chi connectivity index (χ2n) is 3.72. The van der Waals surface area contributed by atoms with Gasteiger partial charge in [0, 0.05) is 10.7 Å². The van der Waals surface area contributed by atoms with Gasteiger partial charge in [0.15, 0.2) is 5.92 Å². The monoisotopic (exact) mass is 315 g/mol. The smallest absolute Gasteiger partial charge is 0.324 e. The second kappa shape index (κ2) is 10.0. The lowest BCUT2D eigenvalue weighted by atomic mass is 9.98. The molecular formula is C15H22ClNO4. The predicted octanol–water partition coefficient (Wildman–Crippen LogP) is 3.16. The average molecular weight is 316 g/mol. The Morgan fingerprint density at radius 2 is 1.62 bits per heavy atom. The van der Waals surface area contributed by atoms with E-state index in [-0.39, 0.29) is 18.2 Å². The van der Waals surface area contributed by atoms with Crippen LogP contribution in [0.5, 0.6) is 0 Å². The van der Waals surface area contributed by atoms with E-state index in [1.165, 1.54) is 12.1 Å². The molecule has 0 fully saturated rings. The summed E-state index contributed by atoms with van der Waals surface area (Å²) < 4.78 is 9.76. The Balaban J connectivity index is 0.00000191.